The third-order valence-electron chi connectivity index (χ3n) is 7.34. The van der Waals surface area contributed by atoms with Gasteiger partial charge < -0.3 is 4.90 Å². The van der Waals surface area contributed by atoms with Gasteiger partial charge in [0.25, 0.3) is 5.91 Å². The highest BCUT2D eigenvalue weighted by Gasteiger charge is 2.45. The van der Waals surface area contributed by atoms with Crippen LogP contribution >= 0.6 is 0 Å². The van der Waals surface area contributed by atoms with Crippen LogP contribution in [0.5, 0.6) is 0 Å². The average Bonchev–Trinajstić information content (AvgIpc) is 3.45. The molecule has 1 fully saturated rings. The van der Waals surface area contributed by atoms with Crippen LogP contribution in [0.4, 0.5) is 17.6 Å². The molecule has 0 saturated carbocycles. The summed E-state index contributed by atoms with van der Waals surface area (Å²) in [5.74, 6) is -0.743. The molecule has 12 heteroatoms. The highest BCUT2D eigenvalue weighted by Crippen LogP contribution is 2.45. The van der Waals surface area contributed by atoms with Crippen molar-refractivity contribution in [3.05, 3.63) is 52.7 Å². The topological polar surface area (TPSA) is 73.8 Å². The van der Waals surface area contributed by atoms with Gasteiger partial charge >= 0.3 is 6.18 Å². The normalized spacial score (nSPS) is 19.7. The molecule has 0 radical (unpaired) electrons. The second-order valence-corrected chi connectivity index (χ2v) is 9.52. The molecular weight excluding hydrogens is 478 g/mol. The molecule has 8 nitrogen and oxygen atoms in total. The molecule has 0 aliphatic carbocycles. The molecule has 2 atom stereocenters. The van der Waals surface area contributed by atoms with Crippen LogP contribution < -0.4 is 0 Å². The maximum Gasteiger partial charge on any atom is 0.435 e. The van der Waals surface area contributed by atoms with E-state index in [4.69, 9.17) is 0 Å². The van der Waals surface area contributed by atoms with Crippen molar-refractivity contribution in [2.45, 2.75) is 43.9 Å². The van der Waals surface area contributed by atoms with Crippen LogP contribution in [-0.4, -0.2) is 46.2 Å². The Hall–Kier alpha value is -3.70. The molecule has 3 aromatic heterocycles. The molecule has 4 aromatic rings. The SMILES string of the molecule is Cn1nc(C(F)(F)F)cc1-c1c2c(nn1C)[C@@H]1CCC[C@H](C2)N1C(=O)c1nn(C)c2ccc(F)cc12. The first-order chi connectivity index (χ1) is 17.0. The molecule has 0 N–H and O–H groups in total. The second-order valence-electron chi connectivity index (χ2n) is 9.52. The van der Waals surface area contributed by atoms with E-state index >= 15 is 0 Å². The number of halogens is 4. The molecule has 5 heterocycles. The van der Waals surface area contributed by atoms with Crippen LogP contribution in [0, 0.1) is 5.82 Å². The fourth-order valence-electron chi connectivity index (χ4n) is 5.81. The van der Waals surface area contributed by atoms with Crippen molar-refractivity contribution >= 4 is 16.8 Å². The van der Waals surface area contributed by atoms with Gasteiger partial charge in [-0.3, -0.25) is 18.8 Å². The number of alkyl halides is 3. The minimum absolute atomic E-state index is 0.173. The summed E-state index contributed by atoms with van der Waals surface area (Å²) in [7, 11) is 4.88. The van der Waals surface area contributed by atoms with E-state index in [1.54, 1.807) is 34.4 Å². The number of hydrogen-bond acceptors (Lipinski definition) is 4. The first-order valence-corrected chi connectivity index (χ1v) is 11.7. The summed E-state index contributed by atoms with van der Waals surface area (Å²) in [4.78, 5) is 15.6. The van der Waals surface area contributed by atoms with Crippen molar-refractivity contribution in [1.82, 2.24) is 34.2 Å². The number of aromatic nitrogens is 6. The van der Waals surface area contributed by atoms with Crippen molar-refractivity contribution in [1.29, 1.82) is 0 Å². The molecule has 2 bridgehead atoms. The fourth-order valence-corrected chi connectivity index (χ4v) is 5.81. The molecule has 1 aromatic carbocycles. The summed E-state index contributed by atoms with van der Waals surface area (Å²) in [5, 5.41) is 13.2. The van der Waals surface area contributed by atoms with Gasteiger partial charge in [-0.25, -0.2) is 4.39 Å². The van der Waals surface area contributed by atoms with Crippen LogP contribution in [0.15, 0.2) is 24.3 Å². The Morgan fingerprint density at radius 2 is 1.78 bits per heavy atom. The van der Waals surface area contributed by atoms with Crippen LogP contribution in [0.3, 0.4) is 0 Å². The number of aryl methyl sites for hydroxylation is 3. The second kappa shape index (κ2) is 7.65. The highest BCUT2D eigenvalue weighted by atomic mass is 19.4. The van der Waals surface area contributed by atoms with Crippen molar-refractivity contribution in [3.63, 3.8) is 0 Å². The smallest absolute Gasteiger partial charge is 0.325 e. The van der Waals surface area contributed by atoms with Gasteiger partial charge in [-0.15, -0.1) is 0 Å². The van der Waals surface area contributed by atoms with E-state index in [9.17, 15) is 22.4 Å². The minimum atomic E-state index is -4.56. The molecule has 188 valence electrons. The summed E-state index contributed by atoms with van der Waals surface area (Å²) in [6.45, 7) is 0. The Bertz CT molecular complexity index is 1530. The fraction of sp³-hybridized carbons (Fsp3) is 0.417. The summed E-state index contributed by atoms with van der Waals surface area (Å²) in [6.07, 6.45) is -1.80. The lowest BCUT2D eigenvalue weighted by molar-refractivity contribution is -0.141. The van der Waals surface area contributed by atoms with E-state index in [0.717, 1.165) is 24.5 Å². The third-order valence-corrected chi connectivity index (χ3v) is 7.34. The van der Waals surface area contributed by atoms with Gasteiger partial charge in [0, 0.05) is 38.1 Å². The Labute approximate surface area is 203 Å². The number of fused-ring (bicyclic) bond motifs is 5. The molecule has 1 saturated heterocycles. The van der Waals surface area contributed by atoms with E-state index in [-0.39, 0.29) is 23.7 Å². The first kappa shape index (κ1) is 22.7. The monoisotopic (exact) mass is 501 g/mol. The summed E-state index contributed by atoms with van der Waals surface area (Å²) >= 11 is 0. The molecule has 6 rings (SSSR count). The van der Waals surface area contributed by atoms with Crippen LogP contribution in [0.2, 0.25) is 0 Å². The molecule has 2 aliphatic rings. The number of rotatable bonds is 2. The lowest BCUT2D eigenvalue weighted by Gasteiger charge is -2.45. The number of nitrogens with zero attached hydrogens (tertiary/aromatic N) is 7. The molecule has 0 unspecified atom stereocenters. The van der Waals surface area contributed by atoms with Crippen molar-refractivity contribution < 1.29 is 22.4 Å². The van der Waals surface area contributed by atoms with Gasteiger partial charge in [0.15, 0.2) is 11.4 Å². The summed E-state index contributed by atoms with van der Waals surface area (Å²) < 4.78 is 58.3. The lowest BCUT2D eigenvalue weighted by atomic mass is 9.82. The molecule has 2 aliphatic heterocycles. The van der Waals surface area contributed by atoms with Gasteiger partial charge in [-0.2, -0.15) is 28.5 Å². The predicted molar refractivity (Wildman–Crippen MR) is 121 cm³/mol. The zero-order valence-electron chi connectivity index (χ0n) is 19.8. The number of carbonyl (C=O) groups is 1. The van der Waals surface area contributed by atoms with Gasteiger partial charge in [-0.1, -0.05) is 0 Å². The number of benzene rings is 1. The third kappa shape index (κ3) is 3.26. The minimum Gasteiger partial charge on any atom is -0.325 e. The number of amides is 1. The Morgan fingerprint density at radius 3 is 2.50 bits per heavy atom. The van der Waals surface area contributed by atoms with Gasteiger partial charge in [-0.05, 0) is 49.9 Å². The van der Waals surface area contributed by atoms with E-state index in [0.29, 0.717) is 40.8 Å². The van der Waals surface area contributed by atoms with Gasteiger partial charge in [0.2, 0.25) is 0 Å². The standard InChI is InChI=1S/C24H23F4N7O/c1-32-16-8-7-12(25)9-14(16)21(31-32)23(36)35-13-5-4-6-17(35)20-15(10-13)22(34(3)30-20)18-11-19(24(26,27)28)29-33(18)2/h7-9,11,13,17H,4-6,10H2,1-3H3/t13-,17+/m1/s1. The number of piperidine rings is 1. The van der Waals surface area contributed by atoms with Crippen molar-refractivity contribution in [2.75, 3.05) is 0 Å². The van der Waals surface area contributed by atoms with E-state index < -0.39 is 17.7 Å². The van der Waals surface area contributed by atoms with E-state index in [2.05, 4.69) is 15.3 Å². The summed E-state index contributed by atoms with van der Waals surface area (Å²) in [6, 6.07) is 4.77. The number of carbonyl (C=O) groups excluding carboxylic acids is 1. The first-order valence-electron chi connectivity index (χ1n) is 11.7. The lowest BCUT2D eigenvalue weighted by Crippen LogP contribution is -2.50. The Morgan fingerprint density at radius 1 is 1.00 bits per heavy atom. The predicted octanol–water partition coefficient (Wildman–Crippen LogP) is 4.16. The zero-order valence-corrected chi connectivity index (χ0v) is 19.8. The summed E-state index contributed by atoms with van der Waals surface area (Å²) in [5.41, 5.74) is 2.29. The van der Waals surface area contributed by atoms with E-state index in [1.807, 2.05) is 0 Å². The largest absolute Gasteiger partial charge is 0.435 e. The Kier molecular flexibility index (Phi) is 4.83. The van der Waals surface area contributed by atoms with Crippen molar-refractivity contribution in [2.24, 2.45) is 21.1 Å². The van der Waals surface area contributed by atoms with Crippen molar-refractivity contribution in [3.8, 4) is 11.4 Å². The number of hydrogen-bond donors (Lipinski definition) is 0. The molecule has 36 heavy (non-hydrogen) atoms. The quantitative estimate of drug-likeness (QED) is 0.387. The van der Waals surface area contributed by atoms with Gasteiger partial charge in [0.05, 0.1) is 28.6 Å². The molecule has 0 spiro atoms. The maximum absolute atomic E-state index is 14.0. The Balaban J connectivity index is 1.44. The van der Waals surface area contributed by atoms with E-state index in [1.165, 1.54) is 23.9 Å². The highest BCUT2D eigenvalue weighted by molar-refractivity contribution is 6.05. The average molecular weight is 501 g/mol. The van der Waals surface area contributed by atoms with Gasteiger partial charge in [0.1, 0.15) is 5.82 Å². The van der Waals surface area contributed by atoms with Crippen LogP contribution in [0.25, 0.3) is 22.3 Å². The molecule has 1 amide bonds. The maximum atomic E-state index is 14.0. The molecular formula is C24H23F4N7O. The van der Waals surface area contributed by atoms with Crippen LogP contribution in [-0.2, 0) is 33.7 Å². The zero-order chi connectivity index (χ0) is 25.5. The van der Waals surface area contributed by atoms with Crippen LogP contribution in [0.1, 0.15) is 52.7 Å².